The molecule has 0 bridgehead atoms. The number of rotatable bonds is 12. The summed E-state index contributed by atoms with van der Waals surface area (Å²) in [5.41, 5.74) is 3.27. The zero-order chi connectivity index (χ0) is 32.1. The Balaban J connectivity index is 1.23. The predicted molar refractivity (Wildman–Crippen MR) is 176 cm³/mol. The zero-order valence-corrected chi connectivity index (χ0v) is 26.5. The molecule has 2 aliphatic rings. The van der Waals surface area contributed by atoms with E-state index in [4.69, 9.17) is 14.5 Å². The van der Waals surface area contributed by atoms with Crippen LogP contribution in [0.1, 0.15) is 61.6 Å². The normalized spacial score (nSPS) is 14.5. The number of esters is 1. The van der Waals surface area contributed by atoms with Crippen LogP contribution in [0.5, 0.6) is 5.75 Å². The summed E-state index contributed by atoms with van der Waals surface area (Å²) in [6.45, 7) is 1.05. The highest BCUT2D eigenvalue weighted by Gasteiger charge is 2.27. The van der Waals surface area contributed by atoms with Crippen molar-refractivity contribution in [3.8, 4) is 5.75 Å². The van der Waals surface area contributed by atoms with Crippen LogP contribution in [0.25, 0.3) is 0 Å². The van der Waals surface area contributed by atoms with E-state index in [0.717, 1.165) is 29.5 Å². The average Bonchev–Trinajstić information content (AvgIpc) is 3.09. The average molecular weight is 626 g/mol. The smallest absolute Gasteiger partial charge is 0.325 e. The molecule has 3 aromatic carbocycles. The molecule has 1 aliphatic heterocycles. The summed E-state index contributed by atoms with van der Waals surface area (Å²) in [6, 6.07) is 24.6. The minimum Gasteiger partial charge on any atom is -0.491 e. The van der Waals surface area contributed by atoms with Crippen LogP contribution in [0.2, 0.25) is 0 Å². The van der Waals surface area contributed by atoms with Crippen LogP contribution in [0, 0.1) is 0 Å². The van der Waals surface area contributed by atoms with Crippen LogP contribution in [-0.2, 0) is 34.0 Å². The molecule has 1 saturated carbocycles. The van der Waals surface area contributed by atoms with Crippen LogP contribution in [0.15, 0.2) is 83.9 Å². The molecular formula is C36H43N5O5. The van der Waals surface area contributed by atoms with Gasteiger partial charge in [-0.05, 0) is 36.5 Å². The number of fused-ring (bicyclic) bond motifs is 1. The van der Waals surface area contributed by atoms with E-state index in [0.29, 0.717) is 50.0 Å². The third-order valence-electron chi connectivity index (χ3n) is 8.35. The van der Waals surface area contributed by atoms with Gasteiger partial charge in [0.1, 0.15) is 24.6 Å². The van der Waals surface area contributed by atoms with Crippen LogP contribution in [0.3, 0.4) is 0 Å². The van der Waals surface area contributed by atoms with Gasteiger partial charge in [0, 0.05) is 38.2 Å². The molecule has 46 heavy (non-hydrogen) atoms. The van der Waals surface area contributed by atoms with Gasteiger partial charge in [0.25, 0.3) is 0 Å². The molecule has 10 nitrogen and oxygen atoms in total. The van der Waals surface area contributed by atoms with Crippen LogP contribution in [0.4, 0.5) is 10.5 Å². The monoisotopic (exact) mass is 625 g/mol. The maximum Gasteiger partial charge on any atom is 0.325 e. The minimum absolute atomic E-state index is 0.105. The largest absolute Gasteiger partial charge is 0.491 e. The number of amides is 3. The summed E-state index contributed by atoms with van der Waals surface area (Å²) in [6.07, 6.45) is 6.77. The summed E-state index contributed by atoms with van der Waals surface area (Å²) in [5.74, 6) is 0.476. The van der Waals surface area contributed by atoms with Crippen molar-refractivity contribution < 1.29 is 23.9 Å². The fraction of sp³-hybridized carbons (Fsp3) is 0.389. The number of urea groups is 1. The summed E-state index contributed by atoms with van der Waals surface area (Å²) >= 11 is 0. The van der Waals surface area contributed by atoms with Gasteiger partial charge in [-0.15, -0.1) is 0 Å². The summed E-state index contributed by atoms with van der Waals surface area (Å²) in [7, 11) is 1.91. The summed E-state index contributed by atoms with van der Waals surface area (Å²) in [5, 5.41) is 5.67. The molecular weight excluding hydrogens is 582 g/mol. The first kappa shape index (κ1) is 32.5. The van der Waals surface area contributed by atoms with Gasteiger partial charge in [0.2, 0.25) is 11.9 Å². The lowest BCUT2D eigenvalue weighted by atomic mass is 9.94. The Labute approximate surface area is 270 Å². The van der Waals surface area contributed by atoms with Crippen molar-refractivity contribution in [2.75, 3.05) is 20.2 Å². The number of hydrogen-bond donors (Lipinski definition) is 2. The van der Waals surface area contributed by atoms with Crippen molar-refractivity contribution in [1.29, 1.82) is 0 Å². The van der Waals surface area contributed by atoms with E-state index < -0.39 is 12.0 Å². The number of carbonyl (C=O) groups excluding carboxylic acids is 3. The van der Waals surface area contributed by atoms with Crippen molar-refractivity contribution in [2.24, 2.45) is 4.99 Å². The van der Waals surface area contributed by atoms with E-state index in [-0.39, 0.29) is 25.0 Å². The Hall–Kier alpha value is -4.86. The van der Waals surface area contributed by atoms with Gasteiger partial charge in [-0.2, -0.15) is 0 Å². The standard InChI is InChI=1S/C36H43N5O5/c1-40(30-18-9-4-10-19-30)32(42)21-12-22-45-31-20-11-17-29-24-41(25-33(43)46-26-28-15-7-3-8-16-28)35(38-34(29)31)39-36(44)37-23-27-13-5-2-6-14-27/h2-3,5-8,11,13-17,20,30H,4,9-10,12,18-19,21-26H2,1H3,(H2,37,38,39,44). The Bertz CT molecular complexity index is 1490. The Morgan fingerprint density at radius 2 is 1.63 bits per heavy atom. The molecule has 0 unspecified atom stereocenters. The molecule has 1 aliphatic carbocycles. The second-order valence-corrected chi connectivity index (χ2v) is 11.7. The molecule has 5 rings (SSSR count). The van der Waals surface area contributed by atoms with E-state index in [1.807, 2.05) is 90.8 Å². The molecule has 0 saturated heterocycles. The number of benzene rings is 3. The number of guanidine groups is 1. The molecule has 0 aromatic heterocycles. The second-order valence-electron chi connectivity index (χ2n) is 11.7. The first-order valence-corrected chi connectivity index (χ1v) is 16.1. The van der Waals surface area contributed by atoms with E-state index in [1.54, 1.807) is 4.90 Å². The van der Waals surface area contributed by atoms with Crippen LogP contribution < -0.4 is 15.4 Å². The molecule has 3 aromatic rings. The van der Waals surface area contributed by atoms with Gasteiger partial charge in [0.15, 0.2) is 0 Å². The Morgan fingerprint density at radius 1 is 0.913 bits per heavy atom. The number of ether oxygens (including phenoxy) is 2. The van der Waals surface area contributed by atoms with E-state index >= 15 is 0 Å². The maximum atomic E-state index is 13.0. The molecule has 0 atom stereocenters. The maximum absolute atomic E-state index is 13.0. The van der Waals surface area contributed by atoms with Gasteiger partial charge in [-0.1, -0.05) is 92.1 Å². The Kier molecular flexibility index (Phi) is 11.6. The number of carbonyl (C=O) groups is 3. The first-order valence-electron chi connectivity index (χ1n) is 16.1. The van der Waals surface area contributed by atoms with Gasteiger partial charge in [-0.25, -0.2) is 9.79 Å². The third-order valence-corrected chi connectivity index (χ3v) is 8.35. The zero-order valence-electron chi connectivity index (χ0n) is 26.5. The molecule has 3 amide bonds. The van der Waals surface area contributed by atoms with E-state index in [9.17, 15) is 14.4 Å². The molecule has 1 heterocycles. The second kappa shape index (κ2) is 16.5. The van der Waals surface area contributed by atoms with Crippen molar-refractivity contribution >= 4 is 29.6 Å². The lowest BCUT2D eigenvalue weighted by Crippen LogP contribution is -2.50. The van der Waals surface area contributed by atoms with Crippen molar-refractivity contribution in [3.05, 3.63) is 95.6 Å². The Morgan fingerprint density at radius 3 is 2.37 bits per heavy atom. The molecule has 0 radical (unpaired) electrons. The highest BCUT2D eigenvalue weighted by atomic mass is 16.5. The topological polar surface area (TPSA) is 113 Å². The minimum atomic E-state index is -0.451. The van der Waals surface area contributed by atoms with E-state index in [2.05, 4.69) is 10.6 Å². The van der Waals surface area contributed by atoms with Crippen LogP contribution in [-0.4, -0.2) is 59.9 Å². The number of aliphatic imine (C=N–C) groups is 1. The lowest BCUT2D eigenvalue weighted by Gasteiger charge is -2.31. The molecule has 242 valence electrons. The number of hydrogen-bond acceptors (Lipinski definition) is 7. The molecule has 0 spiro atoms. The van der Waals surface area contributed by atoms with Gasteiger partial charge in [0.05, 0.1) is 6.61 Å². The highest BCUT2D eigenvalue weighted by Crippen LogP contribution is 2.35. The quantitative estimate of drug-likeness (QED) is 0.198. The lowest BCUT2D eigenvalue weighted by molar-refractivity contribution is -0.145. The first-order chi connectivity index (χ1) is 22.5. The third kappa shape index (κ3) is 9.32. The number of para-hydroxylation sites is 1. The molecule has 1 fully saturated rings. The molecule has 10 heteroatoms. The summed E-state index contributed by atoms with van der Waals surface area (Å²) in [4.78, 5) is 47.0. The highest BCUT2D eigenvalue weighted by molar-refractivity contribution is 5.99. The predicted octanol–water partition coefficient (Wildman–Crippen LogP) is 5.68. The number of nitrogens with one attached hydrogen (secondary N) is 2. The van der Waals surface area contributed by atoms with Crippen molar-refractivity contribution in [1.82, 2.24) is 20.4 Å². The SMILES string of the molecule is CN(C(=O)CCCOc1cccc2c1N=C(NC(=O)NCc1ccccc1)N(CC(=O)OCc1ccccc1)C2)C1CCCCC1. The fourth-order valence-electron chi connectivity index (χ4n) is 5.75. The van der Waals surface area contributed by atoms with Crippen molar-refractivity contribution in [2.45, 2.75) is 70.7 Å². The number of nitrogens with zero attached hydrogens (tertiary/aromatic N) is 3. The fourth-order valence-corrected chi connectivity index (χ4v) is 5.75. The van der Waals surface area contributed by atoms with E-state index in [1.165, 1.54) is 19.3 Å². The summed E-state index contributed by atoms with van der Waals surface area (Å²) < 4.78 is 11.6. The van der Waals surface area contributed by atoms with Crippen LogP contribution >= 0.6 is 0 Å². The van der Waals surface area contributed by atoms with Gasteiger partial charge >= 0.3 is 12.0 Å². The van der Waals surface area contributed by atoms with Gasteiger partial charge in [-0.3, -0.25) is 14.9 Å². The van der Waals surface area contributed by atoms with Crippen molar-refractivity contribution in [3.63, 3.8) is 0 Å². The van der Waals surface area contributed by atoms with Gasteiger partial charge < -0.3 is 24.6 Å². The molecule has 2 N–H and O–H groups in total.